The molecule has 1 aromatic carbocycles. The van der Waals surface area contributed by atoms with Crippen LogP contribution in [0.1, 0.15) is 29.9 Å². The molecule has 0 fully saturated rings. The van der Waals surface area contributed by atoms with Gasteiger partial charge in [0, 0.05) is 9.26 Å². The molecule has 100 valence electrons. The topological polar surface area (TPSA) is 24.9 Å². The van der Waals surface area contributed by atoms with Gasteiger partial charge in [0.2, 0.25) is 0 Å². The molecule has 2 rings (SSSR count). The van der Waals surface area contributed by atoms with Gasteiger partial charge in [0.25, 0.3) is 0 Å². The molecule has 0 aliphatic heterocycles. The summed E-state index contributed by atoms with van der Waals surface area (Å²) in [6.07, 6.45) is 0.973. The van der Waals surface area contributed by atoms with Crippen LogP contribution in [0.25, 0.3) is 0 Å². The Morgan fingerprint density at radius 1 is 1.16 bits per heavy atom. The first kappa shape index (κ1) is 14.5. The summed E-state index contributed by atoms with van der Waals surface area (Å²) in [7, 11) is 0. The van der Waals surface area contributed by atoms with Crippen LogP contribution in [0, 0.1) is 10.5 Å². The average Bonchev–Trinajstić information content (AvgIpc) is 2.41. The van der Waals surface area contributed by atoms with E-state index in [-0.39, 0.29) is 6.04 Å². The van der Waals surface area contributed by atoms with E-state index < -0.39 is 0 Å². The fraction of sp³-hybridized carbons (Fsp3) is 0.312. The standard InChI is InChI=1S/C16H19IN2/c1-3-18-16(15-6-4-5-12(2)19-15)11-13-7-9-14(17)10-8-13/h4-10,16,18H,3,11H2,1-2H3. The minimum atomic E-state index is 0.282. The van der Waals surface area contributed by atoms with Crippen molar-refractivity contribution in [3.8, 4) is 0 Å². The predicted octanol–water partition coefficient (Wildman–Crippen LogP) is 3.89. The summed E-state index contributed by atoms with van der Waals surface area (Å²) in [4.78, 5) is 4.64. The van der Waals surface area contributed by atoms with Gasteiger partial charge in [-0.1, -0.05) is 25.1 Å². The van der Waals surface area contributed by atoms with Crippen molar-refractivity contribution in [1.29, 1.82) is 0 Å². The Bertz CT molecular complexity index is 523. The monoisotopic (exact) mass is 366 g/mol. The first-order valence-corrected chi connectivity index (χ1v) is 7.68. The number of rotatable bonds is 5. The molecule has 0 saturated heterocycles. The van der Waals surface area contributed by atoms with Crippen molar-refractivity contribution in [2.45, 2.75) is 26.3 Å². The number of hydrogen-bond acceptors (Lipinski definition) is 2. The molecule has 0 aliphatic carbocycles. The van der Waals surface area contributed by atoms with Crippen LogP contribution in [0.15, 0.2) is 42.5 Å². The number of aryl methyl sites for hydroxylation is 1. The molecule has 1 aromatic heterocycles. The Balaban J connectivity index is 2.18. The second-order valence-electron chi connectivity index (χ2n) is 4.64. The predicted molar refractivity (Wildman–Crippen MR) is 88.3 cm³/mol. The lowest BCUT2D eigenvalue weighted by molar-refractivity contribution is 0.535. The van der Waals surface area contributed by atoms with Gasteiger partial charge < -0.3 is 5.32 Å². The van der Waals surface area contributed by atoms with Crippen molar-refractivity contribution in [3.63, 3.8) is 0 Å². The quantitative estimate of drug-likeness (QED) is 0.813. The summed E-state index contributed by atoms with van der Waals surface area (Å²) in [5.41, 5.74) is 3.54. The van der Waals surface area contributed by atoms with E-state index in [1.54, 1.807) is 0 Å². The zero-order chi connectivity index (χ0) is 13.7. The first-order chi connectivity index (χ1) is 9.19. The van der Waals surface area contributed by atoms with Gasteiger partial charge in [-0.2, -0.15) is 0 Å². The second-order valence-corrected chi connectivity index (χ2v) is 5.89. The maximum absolute atomic E-state index is 4.64. The van der Waals surface area contributed by atoms with Gasteiger partial charge >= 0.3 is 0 Å². The fourth-order valence-corrected chi connectivity index (χ4v) is 2.50. The number of halogens is 1. The summed E-state index contributed by atoms with van der Waals surface area (Å²) in [6, 6.07) is 15.2. The van der Waals surface area contributed by atoms with E-state index in [9.17, 15) is 0 Å². The van der Waals surface area contributed by atoms with E-state index in [4.69, 9.17) is 0 Å². The van der Waals surface area contributed by atoms with E-state index in [2.05, 4.69) is 76.2 Å². The number of likely N-dealkylation sites (N-methyl/N-ethyl adjacent to an activating group) is 1. The third-order valence-corrected chi connectivity index (χ3v) is 3.79. The van der Waals surface area contributed by atoms with Gasteiger partial charge in [0.05, 0.1) is 11.7 Å². The molecule has 0 bridgehead atoms. The number of pyridine rings is 1. The molecule has 0 aliphatic rings. The van der Waals surface area contributed by atoms with Crippen molar-refractivity contribution < 1.29 is 0 Å². The SMILES string of the molecule is CCNC(Cc1ccc(I)cc1)c1cccc(C)n1. The van der Waals surface area contributed by atoms with Crippen LogP contribution in [0.2, 0.25) is 0 Å². The zero-order valence-electron chi connectivity index (χ0n) is 11.4. The lowest BCUT2D eigenvalue weighted by Crippen LogP contribution is -2.24. The molecule has 0 radical (unpaired) electrons. The highest BCUT2D eigenvalue weighted by Gasteiger charge is 2.12. The van der Waals surface area contributed by atoms with Crippen LogP contribution in [-0.4, -0.2) is 11.5 Å². The minimum absolute atomic E-state index is 0.282. The van der Waals surface area contributed by atoms with Crippen molar-refractivity contribution in [3.05, 3.63) is 63.0 Å². The summed E-state index contributed by atoms with van der Waals surface area (Å²) < 4.78 is 1.27. The molecule has 2 aromatic rings. The number of aromatic nitrogens is 1. The highest BCUT2D eigenvalue weighted by atomic mass is 127. The normalized spacial score (nSPS) is 12.4. The molecule has 1 heterocycles. The smallest absolute Gasteiger partial charge is 0.0579 e. The molecule has 19 heavy (non-hydrogen) atoms. The third-order valence-electron chi connectivity index (χ3n) is 3.07. The van der Waals surface area contributed by atoms with Crippen LogP contribution in [0.5, 0.6) is 0 Å². The lowest BCUT2D eigenvalue weighted by Gasteiger charge is -2.18. The van der Waals surface area contributed by atoms with Crippen molar-refractivity contribution in [1.82, 2.24) is 10.3 Å². The Morgan fingerprint density at radius 3 is 2.53 bits per heavy atom. The van der Waals surface area contributed by atoms with Crippen molar-refractivity contribution >= 4 is 22.6 Å². The summed E-state index contributed by atoms with van der Waals surface area (Å²) >= 11 is 2.33. The van der Waals surface area contributed by atoms with Gasteiger partial charge in [-0.3, -0.25) is 4.98 Å². The van der Waals surface area contributed by atoms with Gasteiger partial charge in [0.1, 0.15) is 0 Å². The van der Waals surface area contributed by atoms with Crippen LogP contribution in [0.3, 0.4) is 0 Å². The fourth-order valence-electron chi connectivity index (χ4n) is 2.14. The molecule has 0 amide bonds. The molecule has 2 nitrogen and oxygen atoms in total. The van der Waals surface area contributed by atoms with Crippen LogP contribution >= 0.6 is 22.6 Å². The maximum atomic E-state index is 4.64. The summed E-state index contributed by atoms with van der Waals surface area (Å²) in [5.74, 6) is 0. The van der Waals surface area contributed by atoms with E-state index in [0.29, 0.717) is 0 Å². The van der Waals surface area contributed by atoms with E-state index in [1.165, 1.54) is 9.13 Å². The molecule has 1 unspecified atom stereocenters. The lowest BCUT2D eigenvalue weighted by atomic mass is 10.0. The molecular formula is C16H19IN2. The number of hydrogen-bond donors (Lipinski definition) is 1. The largest absolute Gasteiger partial charge is 0.309 e. The van der Waals surface area contributed by atoms with Crippen LogP contribution < -0.4 is 5.32 Å². The van der Waals surface area contributed by atoms with Crippen LogP contribution in [-0.2, 0) is 6.42 Å². The van der Waals surface area contributed by atoms with Gasteiger partial charge in [0.15, 0.2) is 0 Å². The highest BCUT2D eigenvalue weighted by Crippen LogP contribution is 2.18. The maximum Gasteiger partial charge on any atom is 0.0579 e. The van der Waals surface area contributed by atoms with E-state index in [1.807, 2.05) is 13.0 Å². The molecule has 0 spiro atoms. The zero-order valence-corrected chi connectivity index (χ0v) is 13.5. The second kappa shape index (κ2) is 7.01. The molecule has 3 heteroatoms. The first-order valence-electron chi connectivity index (χ1n) is 6.60. The highest BCUT2D eigenvalue weighted by molar-refractivity contribution is 14.1. The molecule has 0 saturated carbocycles. The van der Waals surface area contributed by atoms with Gasteiger partial charge in [-0.25, -0.2) is 0 Å². The average molecular weight is 366 g/mol. The Kier molecular flexibility index (Phi) is 5.34. The molecular weight excluding hydrogens is 347 g/mol. The van der Waals surface area contributed by atoms with Gasteiger partial charge in [-0.05, 0) is 72.3 Å². The van der Waals surface area contributed by atoms with Crippen molar-refractivity contribution in [2.75, 3.05) is 6.54 Å². The number of benzene rings is 1. The van der Waals surface area contributed by atoms with E-state index in [0.717, 1.165) is 24.4 Å². The molecule has 1 atom stereocenters. The van der Waals surface area contributed by atoms with Crippen molar-refractivity contribution in [2.24, 2.45) is 0 Å². The van der Waals surface area contributed by atoms with E-state index >= 15 is 0 Å². The van der Waals surface area contributed by atoms with Gasteiger partial charge in [-0.15, -0.1) is 0 Å². The number of nitrogens with zero attached hydrogens (tertiary/aromatic N) is 1. The Morgan fingerprint density at radius 2 is 1.89 bits per heavy atom. The summed E-state index contributed by atoms with van der Waals surface area (Å²) in [6.45, 7) is 5.12. The third kappa shape index (κ3) is 4.28. The Labute approximate surface area is 128 Å². The summed E-state index contributed by atoms with van der Waals surface area (Å²) in [5, 5.41) is 3.52. The minimum Gasteiger partial charge on any atom is -0.309 e. The van der Waals surface area contributed by atoms with Crippen LogP contribution in [0.4, 0.5) is 0 Å². The number of nitrogens with one attached hydrogen (secondary N) is 1. The Hall–Kier alpha value is -0.940. The molecule has 1 N–H and O–H groups in total.